The van der Waals surface area contributed by atoms with Crippen LogP contribution in [0, 0.1) is 0 Å². The van der Waals surface area contributed by atoms with Gasteiger partial charge in [-0.3, -0.25) is 9.69 Å². The molecule has 1 aromatic rings. The van der Waals surface area contributed by atoms with E-state index in [9.17, 15) is 9.90 Å². The van der Waals surface area contributed by atoms with Gasteiger partial charge in [-0.2, -0.15) is 0 Å². The quantitative estimate of drug-likeness (QED) is 0.828. The Morgan fingerprint density at radius 1 is 1.37 bits per heavy atom. The summed E-state index contributed by atoms with van der Waals surface area (Å²) in [5.41, 5.74) is 0.860. The van der Waals surface area contributed by atoms with E-state index in [1.54, 1.807) is 12.1 Å². The van der Waals surface area contributed by atoms with Crippen LogP contribution in [0.4, 0.5) is 0 Å². The molecule has 0 radical (unpaired) electrons. The number of methoxy groups -OCH3 is 1. The molecule has 1 saturated carbocycles. The zero-order valence-electron chi connectivity index (χ0n) is 11.3. The number of aromatic hydroxyl groups is 1. The van der Waals surface area contributed by atoms with Gasteiger partial charge in [-0.15, -0.1) is 0 Å². The van der Waals surface area contributed by atoms with Crippen LogP contribution in [0.25, 0.3) is 0 Å². The number of benzene rings is 1. The molecule has 1 aliphatic carbocycles. The van der Waals surface area contributed by atoms with E-state index in [0.717, 1.165) is 18.4 Å². The second-order valence-corrected chi connectivity index (χ2v) is 5.05. The Labute approximate surface area is 114 Å². The van der Waals surface area contributed by atoms with E-state index in [-0.39, 0.29) is 18.3 Å². The normalized spacial score (nSPS) is 15.9. The van der Waals surface area contributed by atoms with E-state index in [1.165, 1.54) is 20.0 Å². The highest BCUT2D eigenvalue weighted by molar-refractivity contribution is 5.71. The first-order valence-electron chi connectivity index (χ1n) is 6.78. The third-order valence-corrected chi connectivity index (χ3v) is 3.77. The largest absolute Gasteiger partial charge is 0.508 e. The molecule has 1 aliphatic rings. The van der Waals surface area contributed by atoms with Gasteiger partial charge in [-0.1, -0.05) is 31.0 Å². The molecule has 1 aromatic carbocycles. The first-order valence-corrected chi connectivity index (χ1v) is 6.78. The van der Waals surface area contributed by atoms with Crippen LogP contribution < -0.4 is 0 Å². The van der Waals surface area contributed by atoms with E-state index in [1.807, 2.05) is 12.1 Å². The Hall–Kier alpha value is -1.55. The van der Waals surface area contributed by atoms with Crippen molar-refractivity contribution in [2.75, 3.05) is 13.7 Å². The average molecular weight is 263 g/mol. The minimum Gasteiger partial charge on any atom is -0.508 e. The Morgan fingerprint density at radius 3 is 2.68 bits per heavy atom. The predicted octanol–water partition coefficient (Wildman–Crippen LogP) is 2.31. The molecule has 0 bridgehead atoms. The molecule has 19 heavy (non-hydrogen) atoms. The maximum Gasteiger partial charge on any atom is 0.319 e. The maximum absolute atomic E-state index is 11.5. The number of phenolic OH excluding ortho intramolecular Hbond substituents is 1. The Kier molecular flexibility index (Phi) is 4.80. The minimum absolute atomic E-state index is 0.220. The van der Waals surface area contributed by atoms with Gasteiger partial charge in [0.25, 0.3) is 0 Å². The van der Waals surface area contributed by atoms with Crippen molar-refractivity contribution in [3.63, 3.8) is 0 Å². The summed E-state index contributed by atoms with van der Waals surface area (Å²) >= 11 is 0. The standard InChI is InChI=1S/C15H21NO3/c1-19-15(18)11-16(13-7-3-4-8-13)10-12-6-2-5-9-14(12)17/h2,5-6,9,13,17H,3-4,7-8,10-11H2,1H3. The number of ether oxygens (including phenoxy) is 1. The molecule has 0 saturated heterocycles. The fraction of sp³-hybridized carbons (Fsp3) is 0.533. The van der Waals surface area contributed by atoms with Crippen molar-refractivity contribution < 1.29 is 14.6 Å². The molecule has 0 unspecified atom stereocenters. The number of rotatable bonds is 5. The number of nitrogens with zero attached hydrogens (tertiary/aromatic N) is 1. The summed E-state index contributed by atoms with van der Waals surface area (Å²) in [6.45, 7) is 0.877. The second-order valence-electron chi connectivity index (χ2n) is 5.05. The molecule has 0 aliphatic heterocycles. The van der Waals surface area contributed by atoms with Gasteiger partial charge in [0.1, 0.15) is 5.75 Å². The monoisotopic (exact) mass is 263 g/mol. The number of carbonyl (C=O) groups is 1. The smallest absolute Gasteiger partial charge is 0.319 e. The fourth-order valence-corrected chi connectivity index (χ4v) is 2.68. The highest BCUT2D eigenvalue weighted by Gasteiger charge is 2.25. The van der Waals surface area contributed by atoms with Gasteiger partial charge in [0.15, 0.2) is 0 Å². The third kappa shape index (κ3) is 3.70. The molecule has 0 heterocycles. The van der Waals surface area contributed by atoms with Gasteiger partial charge in [0.2, 0.25) is 0 Å². The lowest BCUT2D eigenvalue weighted by molar-refractivity contribution is -0.142. The van der Waals surface area contributed by atoms with Crippen molar-refractivity contribution >= 4 is 5.97 Å². The molecule has 2 rings (SSSR count). The van der Waals surface area contributed by atoms with Crippen LogP contribution in [0.1, 0.15) is 31.2 Å². The molecule has 1 fully saturated rings. The number of hydrogen-bond acceptors (Lipinski definition) is 4. The lowest BCUT2D eigenvalue weighted by Gasteiger charge is -2.27. The van der Waals surface area contributed by atoms with Gasteiger partial charge in [0.05, 0.1) is 13.7 Å². The van der Waals surface area contributed by atoms with Gasteiger partial charge in [0, 0.05) is 18.2 Å². The van der Waals surface area contributed by atoms with Crippen molar-refractivity contribution in [1.29, 1.82) is 0 Å². The molecular formula is C15H21NO3. The van der Waals surface area contributed by atoms with Crippen molar-refractivity contribution in [3.8, 4) is 5.75 Å². The van der Waals surface area contributed by atoms with E-state index in [4.69, 9.17) is 4.74 Å². The van der Waals surface area contributed by atoms with Crippen LogP contribution in [0.2, 0.25) is 0 Å². The fourth-order valence-electron chi connectivity index (χ4n) is 2.68. The lowest BCUT2D eigenvalue weighted by Crippen LogP contribution is -2.37. The van der Waals surface area contributed by atoms with Crippen LogP contribution in [-0.2, 0) is 16.1 Å². The van der Waals surface area contributed by atoms with E-state index in [2.05, 4.69) is 4.90 Å². The van der Waals surface area contributed by atoms with Crippen molar-refractivity contribution in [2.24, 2.45) is 0 Å². The van der Waals surface area contributed by atoms with Crippen molar-refractivity contribution in [1.82, 2.24) is 4.90 Å². The lowest BCUT2D eigenvalue weighted by atomic mass is 10.1. The summed E-state index contributed by atoms with van der Waals surface area (Å²) in [7, 11) is 1.41. The predicted molar refractivity (Wildman–Crippen MR) is 72.8 cm³/mol. The maximum atomic E-state index is 11.5. The SMILES string of the molecule is COC(=O)CN(Cc1ccccc1O)C1CCCC1. The van der Waals surface area contributed by atoms with Gasteiger partial charge >= 0.3 is 5.97 Å². The van der Waals surface area contributed by atoms with E-state index in [0.29, 0.717) is 12.6 Å². The number of phenols is 1. The molecule has 0 spiro atoms. The summed E-state index contributed by atoms with van der Waals surface area (Å²) in [4.78, 5) is 13.6. The van der Waals surface area contributed by atoms with Crippen LogP contribution in [0.5, 0.6) is 5.75 Å². The highest BCUT2D eigenvalue weighted by atomic mass is 16.5. The topological polar surface area (TPSA) is 49.8 Å². The molecule has 0 aromatic heterocycles. The molecular weight excluding hydrogens is 242 g/mol. The van der Waals surface area contributed by atoms with Crippen LogP contribution in [0.3, 0.4) is 0 Å². The van der Waals surface area contributed by atoms with Gasteiger partial charge in [-0.25, -0.2) is 0 Å². The summed E-state index contributed by atoms with van der Waals surface area (Å²) in [5, 5.41) is 9.85. The van der Waals surface area contributed by atoms with Gasteiger partial charge in [-0.05, 0) is 18.9 Å². The first kappa shape index (κ1) is 13.9. The summed E-state index contributed by atoms with van der Waals surface area (Å²) in [5.74, 6) is 0.0673. The minimum atomic E-state index is -0.220. The third-order valence-electron chi connectivity index (χ3n) is 3.77. The second kappa shape index (κ2) is 6.57. The molecule has 0 atom stereocenters. The molecule has 4 nitrogen and oxygen atoms in total. The summed E-state index contributed by atoms with van der Waals surface area (Å²) in [6.07, 6.45) is 4.65. The number of hydrogen-bond donors (Lipinski definition) is 1. The number of para-hydroxylation sites is 1. The van der Waals surface area contributed by atoms with Crippen LogP contribution in [0.15, 0.2) is 24.3 Å². The Balaban J connectivity index is 2.08. The molecule has 1 N–H and O–H groups in total. The van der Waals surface area contributed by atoms with E-state index >= 15 is 0 Å². The van der Waals surface area contributed by atoms with Crippen molar-refractivity contribution in [3.05, 3.63) is 29.8 Å². The number of carbonyl (C=O) groups excluding carboxylic acids is 1. The van der Waals surface area contributed by atoms with E-state index < -0.39 is 0 Å². The average Bonchev–Trinajstić information content (AvgIpc) is 2.94. The number of esters is 1. The molecule has 4 heteroatoms. The molecule has 0 amide bonds. The summed E-state index contributed by atoms with van der Waals surface area (Å²) in [6, 6.07) is 7.70. The van der Waals surface area contributed by atoms with Crippen LogP contribution >= 0.6 is 0 Å². The van der Waals surface area contributed by atoms with Gasteiger partial charge < -0.3 is 9.84 Å². The Morgan fingerprint density at radius 2 is 2.05 bits per heavy atom. The van der Waals surface area contributed by atoms with Crippen LogP contribution in [-0.4, -0.2) is 35.7 Å². The zero-order valence-corrected chi connectivity index (χ0v) is 11.3. The highest BCUT2D eigenvalue weighted by Crippen LogP contribution is 2.26. The zero-order chi connectivity index (χ0) is 13.7. The first-order chi connectivity index (χ1) is 9.20. The Bertz CT molecular complexity index is 427. The molecule has 104 valence electrons. The van der Waals surface area contributed by atoms with Crippen molar-refractivity contribution in [2.45, 2.75) is 38.3 Å². The summed E-state index contributed by atoms with van der Waals surface area (Å²) < 4.78 is 4.77.